The van der Waals surface area contributed by atoms with Gasteiger partial charge in [0.1, 0.15) is 0 Å². The second-order valence-electron chi connectivity index (χ2n) is 7.90. The van der Waals surface area contributed by atoms with Gasteiger partial charge in [0.05, 0.1) is 12.8 Å². The highest BCUT2D eigenvalue weighted by Gasteiger charge is 2.67. The molecule has 2 aromatic heterocycles. The summed E-state index contributed by atoms with van der Waals surface area (Å²) in [6, 6.07) is 1.43. The van der Waals surface area contributed by atoms with Gasteiger partial charge in [0.25, 0.3) is 5.91 Å². The summed E-state index contributed by atoms with van der Waals surface area (Å²) >= 11 is 1.06. The third-order valence-electron chi connectivity index (χ3n) is 5.46. The van der Waals surface area contributed by atoms with Crippen molar-refractivity contribution in [3.63, 3.8) is 0 Å². The van der Waals surface area contributed by atoms with E-state index in [4.69, 9.17) is 14.9 Å². The molecule has 5 N–H and O–H groups in total. The molecule has 0 unspecified atom stereocenters. The Morgan fingerprint density at radius 1 is 1.45 bits per heavy atom. The van der Waals surface area contributed by atoms with Gasteiger partial charge in [0.15, 0.2) is 5.76 Å². The molecule has 0 radical (unpaired) electrons. The molecule has 3 aliphatic carbocycles. The van der Waals surface area contributed by atoms with Gasteiger partial charge >= 0.3 is 5.63 Å². The molecule has 3 fully saturated rings. The molecule has 3 saturated carbocycles. The van der Waals surface area contributed by atoms with Gasteiger partial charge in [-0.25, -0.2) is 9.79 Å². The minimum absolute atomic E-state index is 0.00436. The maximum Gasteiger partial charge on any atom is 0.381 e. The van der Waals surface area contributed by atoms with E-state index in [1.807, 2.05) is 0 Å². The van der Waals surface area contributed by atoms with Crippen molar-refractivity contribution >= 4 is 38.9 Å². The largest absolute Gasteiger partial charge is 0.488 e. The maximum absolute atomic E-state index is 12.6. The topological polar surface area (TPSA) is 165 Å². The van der Waals surface area contributed by atoms with Gasteiger partial charge in [-0.15, -0.1) is 10.2 Å². The van der Waals surface area contributed by atoms with Crippen molar-refractivity contribution in [1.82, 2.24) is 10.2 Å². The first-order valence-electron chi connectivity index (χ1n) is 9.51. The highest BCUT2D eigenvalue weighted by molar-refractivity contribution is 7.18. The quantitative estimate of drug-likeness (QED) is 0.441. The molecule has 164 valence electrons. The lowest BCUT2D eigenvalue weighted by molar-refractivity contribution is -0.146. The summed E-state index contributed by atoms with van der Waals surface area (Å²) in [4.78, 5) is 29.2. The Bertz CT molecular complexity index is 1120. The molecule has 0 aliphatic heterocycles. The standard InChI is InChI=1S/C19H22N6O5S/c1-10(3-4-20)21-16-24-25-17(31-16)22-14(27)12-5-11(13(29-2)15(28)30-12)23-19-6-18(7-19,8-19)9-26/h3-5,23,26H,6-9,20H2,1-2H3,(H,22,25,27). The minimum atomic E-state index is -0.770. The van der Waals surface area contributed by atoms with Crippen LogP contribution >= 0.6 is 11.3 Å². The van der Waals surface area contributed by atoms with E-state index < -0.39 is 11.5 Å². The molecule has 2 bridgehead atoms. The number of allylic oxidation sites excluding steroid dienone is 1. The van der Waals surface area contributed by atoms with E-state index in [9.17, 15) is 14.7 Å². The summed E-state index contributed by atoms with van der Waals surface area (Å²) in [5.74, 6) is -0.855. The van der Waals surface area contributed by atoms with Crippen LogP contribution in [0.4, 0.5) is 16.0 Å². The average Bonchev–Trinajstić information content (AvgIpc) is 3.09. The molecular formula is C19H22N6O5S. The monoisotopic (exact) mass is 446 g/mol. The Kier molecular flexibility index (Phi) is 5.27. The number of aromatic nitrogens is 2. The van der Waals surface area contributed by atoms with Gasteiger partial charge in [-0.05, 0) is 38.5 Å². The Morgan fingerprint density at radius 3 is 2.84 bits per heavy atom. The van der Waals surface area contributed by atoms with E-state index >= 15 is 0 Å². The first-order chi connectivity index (χ1) is 14.8. The van der Waals surface area contributed by atoms with Gasteiger partial charge in [-0.3, -0.25) is 10.1 Å². The number of anilines is 2. The van der Waals surface area contributed by atoms with Crippen LogP contribution in [0.3, 0.4) is 0 Å². The van der Waals surface area contributed by atoms with Crippen LogP contribution in [-0.4, -0.2) is 46.2 Å². The lowest BCUT2D eigenvalue weighted by Crippen LogP contribution is -2.72. The number of hydrogen-bond acceptors (Lipinski definition) is 11. The molecule has 12 heteroatoms. The van der Waals surface area contributed by atoms with E-state index in [0.29, 0.717) is 16.5 Å². The predicted molar refractivity (Wildman–Crippen MR) is 115 cm³/mol. The van der Waals surface area contributed by atoms with Crippen LogP contribution in [0.25, 0.3) is 0 Å². The van der Waals surface area contributed by atoms with Crippen LogP contribution in [-0.2, 0) is 0 Å². The second kappa shape index (κ2) is 7.78. The number of nitrogens with zero attached hydrogens (tertiary/aromatic N) is 3. The fraction of sp³-hybridized carbons (Fsp3) is 0.421. The zero-order valence-corrected chi connectivity index (χ0v) is 17.8. The SMILES string of the molecule is COc1c(NC23CC(CO)(C2)C3)cc(C(=O)Nc2nnc(N=C(C)C=CN)s2)oc1=O. The zero-order valence-electron chi connectivity index (χ0n) is 17.0. The molecular weight excluding hydrogens is 424 g/mol. The Labute approximate surface area is 181 Å². The van der Waals surface area contributed by atoms with E-state index in [-0.39, 0.29) is 34.2 Å². The molecule has 11 nitrogen and oxygen atoms in total. The lowest BCUT2D eigenvalue weighted by atomic mass is 9.39. The number of carbonyl (C=O) groups is 1. The Hall–Kier alpha value is -3.25. The van der Waals surface area contributed by atoms with Gasteiger partial charge in [0.2, 0.25) is 16.0 Å². The number of amides is 1. The first-order valence-corrected chi connectivity index (χ1v) is 10.3. The van der Waals surface area contributed by atoms with Crippen molar-refractivity contribution in [1.29, 1.82) is 0 Å². The number of nitrogens with two attached hydrogens (primary N) is 1. The van der Waals surface area contributed by atoms with E-state index in [0.717, 1.165) is 30.6 Å². The maximum atomic E-state index is 12.6. The summed E-state index contributed by atoms with van der Waals surface area (Å²) in [5.41, 5.74) is 5.34. The molecule has 31 heavy (non-hydrogen) atoms. The number of nitrogens with one attached hydrogen (secondary N) is 2. The third-order valence-corrected chi connectivity index (χ3v) is 6.19. The van der Waals surface area contributed by atoms with Crippen LogP contribution in [0.15, 0.2) is 32.5 Å². The second-order valence-corrected chi connectivity index (χ2v) is 8.85. The molecule has 2 aromatic rings. The molecule has 5 rings (SSSR count). The smallest absolute Gasteiger partial charge is 0.381 e. The number of aliphatic hydroxyl groups is 1. The van der Waals surface area contributed by atoms with E-state index in [1.54, 1.807) is 13.0 Å². The van der Waals surface area contributed by atoms with Crippen molar-refractivity contribution < 1.29 is 19.1 Å². The fourth-order valence-electron chi connectivity index (χ4n) is 4.26. The van der Waals surface area contributed by atoms with Crippen LogP contribution in [0.1, 0.15) is 36.7 Å². The molecule has 0 spiro atoms. The zero-order chi connectivity index (χ0) is 22.2. The van der Waals surface area contributed by atoms with Crippen LogP contribution in [0.2, 0.25) is 0 Å². The number of aliphatic hydroxyl groups excluding tert-OH is 1. The number of rotatable bonds is 8. The van der Waals surface area contributed by atoms with Crippen molar-refractivity contribution in [2.24, 2.45) is 16.1 Å². The van der Waals surface area contributed by atoms with E-state index in [2.05, 4.69) is 25.8 Å². The van der Waals surface area contributed by atoms with Crippen molar-refractivity contribution in [2.45, 2.75) is 31.7 Å². The van der Waals surface area contributed by atoms with Crippen molar-refractivity contribution in [3.8, 4) is 5.75 Å². The van der Waals surface area contributed by atoms with E-state index in [1.165, 1.54) is 19.4 Å². The Balaban J connectivity index is 1.51. The first kappa shape index (κ1) is 21.0. The summed E-state index contributed by atoms with van der Waals surface area (Å²) in [6.07, 6.45) is 5.36. The third kappa shape index (κ3) is 3.91. The number of ether oxygens (including phenoxy) is 1. The normalized spacial score (nSPS) is 24.4. The van der Waals surface area contributed by atoms with Crippen LogP contribution in [0.5, 0.6) is 5.75 Å². The Morgan fingerprint density at radius 2 is 2.19 bits per heavy atom. The van der Waals surface area contributed by atoms with Crippen LogP contribution in [0, 0.1) is 5.41 Å². The molecule has 0 saturated heterocycles. The number of methoxy groups -OCH3 is 1. The minimum Gasteiger partial charge on any atom is -0.488 e. The average molecular weight is 446 g/mol. The summed E-state index contributed by atoms with van der Waals surface area (Å²) in [7, 11) is 1.36. The summed E-state index contributed by atoms with van der Waals surface area (Å²) in [5, 5.41) is 23.6. The van der Waals surface area contributed by atoms with Crippen molar-refractivity contribution in [3.05, 3.63) is 34.5 Å². The van der Waals surface area contributed by atoms with Gasteiger partial charge < -0.3 is 25.3 Å². The number of aliphatic imine (C=N–C) groups is 1. The van der Waals surface area contributed by atoms with Gasteiger partial charge in [0, 0.05) is 29.3 Å². The highest BCUT2D eigenvalue weighted by atomic mass is 32.1. The van der Waals surface area contributed by atoms with Crippen LogP contribution < -0.4 is 26.7 Å². The predicted octanol–water partition coefficient (Wildman–Crippen LogP) is 1.64. The number of hydrogen-bond donors (Lipinski definition) is 4. The summed E-state index contributed by atoms with van der Waals surface area (Å²) < 4.78 is 10.3. The molecule has 1 amide bonds. The van der Waals surface area contributed by atoms with Crippen molar-refractivity contribution in [2.75, 3.05) is 24.4 Å². The lowest BCUT2D eigenvalue weighted by Gasteiger charge is -2.70. The summed E-state index contributed by atoms with van der Waals surface area (Å²) in [6.45, 7) is 1.89. The molecule has 0 aromatic carbocycles. The highest BCUT2D eigenvalue weighted by Crippen LogP contribution is 2.68. The fourth-order valence-corrected chi connectivity index (χ4v) is 4.93. The van der Waals surface area contributed by atoms with Gasteiger partial charge in [-0.1, -0.05) is 11.3 Å². The molecule has 0 atom stereocenters. The number of carbonyl (C=O) groups excluding carboxylic acids is 1. The van der Waals surface area contributed by atoms with Gasteiger partial charge in [-0.2, -0.15) is 0 Å². The molecule has 2 heterocycles. The molecule has 3 aliphatic rings.